The van der Waals surface area contributed by atoms with Crippen LogP contribution in [0.4, 0.5) is 0 Å². The molecule has 1 aromatic carbocycles. The van der Waals surface area contributed by atoms with Crippen molar-refractivity contribution in [3.05, 3.63) is 65.4 Å². The van der Waals surface area contributed by atoms with E-state index in [0.29, 0.717) is 17.4 Å². The molecule has 0 aliphatic rings. The highest BCUT2D eigenvalue weighted by Gasteiger charge is 2.19. The summed E-state index contributed by atoms with van der Waals surface area (Å²) in [5.74, 6) is -0.208. The molecule has 2 aromatic heterocycles. The van der Waals surface area contributed by atoms with Crippen LogP contribution in [0.1, 0.15) is 23.0 Å². The molecule has 8 heteroatoms. The van der Waals surface area contributed by atoms with Crippen molar-refractivity contribution < 1.29 is 9.59 Å². The standard InChI is InChI=1S/C18H17N5O2S/c1-12(16(24)21-10-13-6-3-2-4-7-13)22-17(25)14-11-26-18(23-14)15-19-8-5-9-20-15/h2-9,11-12H,10H2,1H3,(H,21,24)(H,22,25). The first-order valence-corrected chi connectivity index (χ1v) is 8.87. The number of benzene rings is 1. The summed E-state index contributed by atoms with van der Waals surface area (Å²) < 4.78 is 0. The minimum atomic E-state index is -0.677. The van der Waals surface area contributed by atoms with Gasteiger partial charge in [-0.15, -0.1) is 11.3 Å². The molecule has 0 fully saturated rings. The maximum atomic E-state index is 12.3. The molecule has 0 aliphatic carbocycles. The van der Waals surface area contributed by atoms with Gasteiger partial charge in [-0.05, 0) is 18.6 Å². The van der Waals surface area contributed by atoms with Crippen LogP contribution in [0.25, 0.3) is 10.8 Å². The highest BCUT2D eigenvalue weighted by Crippen LogP contribution is 2.19. The Hall–Kier alpha value is -3.13. The Morgan fingerprint density at radius 2 is 1.85 bits per heavy atom. The number of hydrogen-bond acceptors (Lipinski definition) is 6. The molecule has 1 unspecified atom stereocenters. The van der Waals surface area contributed by atoms with Crippen LogP contribution >= 0.6 is 11.3 Å². The Morgan fingerprint density at radius 1 is 1.12 bits per heavy atom. The number of carbonyl (C=O) groups is 2. The van der Waals surface area contributed by atoms with Gasteiger partial charge in [0.2, 0.25) is 5.91 Å². The van der Waals surface area contributed by atoms with Gasteiger partial charge in [-0.3, -0.25) is 9.59 Å². The van der Waals surface area contributed by atoms with Gasteiger partial charge in [-0.1, -0.05) is 30.3 Å². The first kappa shape index (κ1) is 17.7. The van der Waals surface area contributed by atoms with E-state index in [-0.39, 0.29) is 11.6 Å². The lowest BCUT2D eigenvalue weighted by molar-refractivity contribution is -0.122. The van der Waals surface area contributed by atoms with E-state index in [0.717, 1.165) is 5.56 Å². The fourth-order valence-corrected chi connectivity index (χ4v) is 2.91. The van der Waals surface area contributed by atoms with Crippen LogP contribution in [0.15, 0.2) is 54.2 Å². The fourth-order valence-electron chi connectivity index (χ4n) is 2.16. The molecule has 132 valence electrons. The predicted molar refractivity (Wildman–Crippen MR) is 98.4 cm³/mol. The maximum absolute atomic E-state index is 12.3. The van der Waals surface area contributed by atoms with Gasteiger partial charge in [-0.25, -0.2) is 15.0 Å². The van der Waals surface area contributed by atoms with E-state index in [9.17, 15) is 9.59 Å². The largest absolute Gasteiger partial charge is 0.350 e. The molecular weight excluding hydrogens is 350 g/mol. The smallest absolute Gasteiger partial charge is 0.271 e. The molecule has 26 heavy (non-hydrogen) atoms. The summed E-state index contributed by atoms with van der Waals surface area (Å²) in [5, 5.41) is 7.62. The second-order valence-corrected chi connectivity index (χ2v) is 6.37. The molecular formula is C18H17N5O2S. The van der Waals surface area contributed by atoms with E-state index in [4.69, 9.17) is 0 Å². The van der Waals surface area contributed by atoms with Crippen molar-refractivity contribution in [1.29, 1.82) is 0 Å². The summed E-state index contributed by atoms with van der Waals surface area (Å²) in [6.07, 6.45) is 3.23. The molecule has 2 heterocycles. The second-order valence-electron chi connectivity index (χ2n) is 5.51. The van der Waals surface area contributed by atoms with E-state index < -0.39 is 11.9 Å². The third-order valence-electron chi connectivity index (χ3n) is 3.54. The minimum absolute atomic E-state index is 0.236. The Kier molecular flexibility index (Phi) is 5.65. The normalized spacial score (nSPS) is 11.6. The van der Waals surface area contributed by atoms with Crippen molar-refractivity contribution in [2.45, 2.75) is 19.5 Å². The van der Waals surface area contributed by atoms with Gasteiger partial charge in [0, 0.05) is 24.3 Å². The molecule has 0 saturated heterocycles. The minimum Gasteiger partial charge on any atom is -0.350 e. The quantitative estimate of drug-likeness (QED) is 0.695. The number of hydrogen-bond donors (Lipinski definition) is 2. The molecule has 0 spiro atoms. The first-order valence-electron chi connectivity index (χ1n) is 7.99. The second kappa shape index (κ2) is 8.30. The highest BCUT2D eigenvalue weighted by molar-refractivity contribution is 7.13. The lowest BCUT2D eigenvalue weighted by Crippen LogP contribution is -2.44. The summed E-state index contributed by atoms with van der Waals surface area (Å²) >= 11 is 1.28. The zero-order valence-corrected chi connectivity index (χ0v) is 14.9. The zero-order valence-electron chi connectivity index (χ0n) is 14.0. The number of carbonyl (C=O) groups excluding carboxylic acids is 2. The number of thiazole rings is 1. The van der Waals surface area contributed by atoms with Crippen LogP contribution in [-0.2, 0) is 11.3 Å². The van der Waals surface area contributed by atoms with Crippen LogP contribution in [0.2, 0.25) is 0 Å². The summed E-state index contributed by atoms with van der Waals surface area (Å²) in [4.78, 5) is 36.9. The SMILES string of the molecule is CC(NC(=O)c1csc(-c2ncccn2)n1)C(=O)NCc1ccccc1. The van der Waals surface area contributed by atoms with Gasteiger partial charge < -0.3 is 10.6 Å². The third kappa shape index (κ3) is 4.48. The molecule has 3 rings (SSSR count). The molecule has 0 aliphatic heterocycles. The molecule has 0 bridgehead atoms. The van der Waals surface area contributed by atoms with E-state index in [1.807, 2.05) is 30.3 Å². The van der Waals surface area contributed by atoms with Crippen LogP contribution in [0.3, 0.4) is 0 Å². The monoisotopic (exact) mass is 367 g/mol. The number of nitrogens with zero attached hydrogens (tertiary/aromatic N) is 3. The molecule has 2 amide bonds. The highest BCUT2D eigenvalue weighted by atomic mass is 32.1. The van der Waals surface area contributed by atoms with Crippen molar-refractivity contribution in [2.24, 2.45) is 0 Å². The van der Waals surface area contributed by atoms with Gasteiger partial charge in [0.25, 0.3) is 5.91 Å². The van der Waals surface area contributed by atoms with Gasteiger partial charge in [0.1, 0.15) is 11.7 Å². The topological polar surface area (TPSA) is 96.9 Å². The number of nitrogens with one attached hydrogen (secondary N) is 2. The van der Waals surface area contributed by atoms with Gasteiger partial charge >= 0.3 is 0 Å². The average Bonchev–Trinajstić information content (AvgIpc) is 3.18. The Balaban J connectivity index is 1.55. The van der Waals surface area contributed by atoms with Crippen molar-refractivity contribution >= 4 is 23.2 Å². The fraction of sp³-hybridized carbons (Fsp3) is 0.167. The van der Waals surface area contributed by atoms with Crippen LogP contribution in [-0.4, -0.2) is 32.8 Å². The molecule has 2 N–H and O–H groups in total. The molecule has 0 saturated carbocycles. The Labute approximate surface area is 154 Å². The van der Waals surface area contributed by atoms with E-state index in [1.165, 1.54) is 11.3 Å². The maximum Gasteiger partial charge on any atom is 0.271 e. The number of aromatic nitrogens is 3. The third-order valence-corrected chi connectivity index (χ3v) is 4.38. The molecule has 0 radical (unpaired) electrons. The summed E-state index contributed by atoms with van der Waals surface area (Å²) in [7, 11) is 0. The van der Waals surface area contributed by atoms with E-state index in [1.54, 1.807) is 30.8 Å². The van der Waals surface area contributed by atoms with Gasteiger partial charge in [-0.2, -0.15) is 0 Å². The van der Waals surface area contributed by atoms with Crippen LogP contribution in [0.5, 0.6) is 0 Å². The number of rotatable bonds is 6. The molecule has 7 nitrogen and oxygen atoms in total. The first-order chi connectivity index (χ1) is 12.6. The van der Waals surface area contributed by atoms with Crippen molar-refractivity contribution in [3.8, 4) is 10.8 Å². The van der Waals surface area contributed by atoms with Crippen molar-refractivity contribution in [3.63, 3.8) is 0 Å². The van der Waals surface area contributed by atoms with Crippen LogP contribution < -0.4 is 10.6 Å². The van der Waals surface area contributed by atoms with Gasteiger partial charge in [0.05, 0.1) is 0 Å². The summed E-state index contributed by atoms with van der Waals surface area (Å²) in [5.41, 5.74) is 1.23. The molecule has 1 atom stereocenters. The van der Waals surface area contributed by atoms with Crippen molar-refractivity contribution in [2.75, 3.05) is 0 Å². The van der Waals surface area contributed by atoms with Crippen molar-refractivity contribution in [1.82, 2.24) is 25.6 Å². The van der Waals surface area contributed by atoms with Gasteiger partial charge in [0.15, 0.2) is 10.8 Å². The van der Waals surface area contributed by atoms with E-state index >= 15 is 0 Å². The van der Waals surface area contributed by atoms with E-state index in [2.05, 4.69) is 25.6 Å². The number of amides is 2. The zero-order chi connectivity index (χ0) is 18.4. The lowest BCUT2D eigenvalue weighted by atomic mass is 10.2. The summed E-state index contributed by atoms with van der Waals surface area (Å²) in [6.45, 7) is 2.04. The molecule has 3 aromatic rings. The van der Waals surface area contributed by atoms with Crippen LogP contribution in [0, 0.1) is 0 Å². The average molecular weight is 367 g/mol. The summed E-state index contributed by atoms with van der Waals surface area (Å²) in [6, 6.07) is 10.6. The Bertz CT molecular complexity index is 883. The lowest BCUT2D eigenvalue weighted by Gasteiger charge is -2.13. The predicted octanol–water partition coefficient (Wildman–Crippen LogP) is 2.03. The Morgan fingerprint density at radius 3 is 2.58 bits per heavy atom.